The highest BCUT2D eigenvalue weighted by molar-refractivity contribution is 7.89. The zero-order valence-corrected chi connectivity index (χ0v) is 11.5. The summed E-state index contributed by atoms with van der Waals surface area (Å²) in [6, 6.07) is 5.65. The molecule has 0 aliphatic heterocycles. The van der Waals surface area contributed by atoms with Gasteiger partial charge in [-0.3, -0.25) is 5.10 Å². The van der Waals surface area contributed by atoms with Crippen LogP contribution in [0.15, 0.2) is 35.5 Å². The van der Waals surface area contributed by atoms with Gasteiger partial charge in [0.05, 0.1) is 6.20 Å². The van der Waals surface area contributed by atoms with Crippen molar-refractivity contribution in [2.24, 2.45) is 0 Å². The van der Waals surface area contributed by atoms with Crippen LogP contribution >= 0.6 is 0 Å². The number of aromatic amines is 1. The second-order valence-corrected chi connectivity index (χ2v) is 5.90. The molecule has 0 unspecified atom stereocenters. The van der Waals surface area contributed by atoms with E-state index in [4.69, 9.17) is 5.11 Å². The molecular weight excluding hydrogens is 301 g/mol. The number of sulfonamides is 1. The molecule has 0 saturated carbocycles. The van der Waals surface area contributed by atoms with Crippen LogP contribution in [0.5, 0.6) is 0 Å². The van der Waals surface area contributed by atoms with Crippen LogP contribution in [0, 0.1) is 5.82 Å². The predicted molar refractivity (Wildman–Crippen MR) is 70.8 cm³/mol. The van der Waals surface area contributed by atoms with Gasteiger partial charge in [0.15, 0.2) is 5.03 Å². The lowest BCUT2D eigenvalue weighted by Gasteiger charge is -2.06. The normalized spacial score (nSPS) is 11.5. The summed E-state index contributed by atoms with van der Waals surface area (Å²) in [5.41, 5.74) is 0.325. The summed E-state index contributed by atoms with van der Waals surface area (Å²) >= 11 is 0. The molecule has 0 fully saturated rings. The van der Waals surface area contributed by atoms with Gasteiger partial charge in [-0.1, -0.05) is 12.1 Å². The van der Waals surface area contributed by atoms with E-state index in [0.717, 1.165) is 11.8 Å². The summed E-state index contributed by atoms with van der Waals surface area (Å²) in [5, 5.41) is 13.9. The maximum Gasteiger partial charge on any atom is 0.340 e. The minimum atomic E-state index is -3.99. The van der Waals surface area contributed by atoms with Gasteiger partial charge in [0.25, 0.3) is 10.0 Å². The van der Waals surface area contributed by atoms with Crippen molar-refractivity contribution in [1.82, 2.24) is 14.9 Å². The van der Waals surface area contributed by atoms with Crippen molar-refractivity contribution in [3.8, 4) is 0 Å². The molecule has 0 bridgehead atoms. The van der Waals surface area contributed by atoms with Crippen molar-refractivity contribution in [2.75, 3.05) is 6.54 Å². The SMILES string of the molecule is O=C(O)c1cn[nH]c1S(=O)(=O)NCCc1ccc(F)cc1. The van der Waals surface area contributed by atoms with E-state index >= 15 is 0 Å². The maximum atomic E-state index is 12.7. The van der Waals surface area contributed by atoms with Gasteiger partial charge in [0, 0.05) is 6.54 Å². The highest BCUT2D eigenvalue weighted by Crippen LogP contribution is 2.11. The average Bonchev–Trinajstić information content (AvgIpc) is 2.91. The van der Waals surface area contributed by atoms with E-state index in [-0.39, 0.29) is 12.4 Å². The number of aromatic nitrogens is 2. The second-order valence-electron chi connectivity index (χ2n) is 4.19. The lowest BCUT2D eigenvalue weighted by atomic mass is 10.1. The number of hydrogen-bond acceptors (Lipinski definition) is 4. The van der Waals surface area contributed by atoms with Gasteiger partial charge in [-0.15, -0.1) is 0 Å². The standard InChI is InChI=1S/C12H12FN3O4S/c13-9-3-1-8(2-4-9)5-6-15-21(19,20)11-10(12(17)18)7-14-16-11/h1-4,7,15H,5-6H2,(H,14,16)(H,17,18). The molecule has 0 aliphatic carbocycles. The van der Waals surface area contributed by atoms with Crippen molar-refractivity contribution in [2.45, 2.75) is 11.4 Å². The van der Waals surface area contributed by atoms with Gasteiger partial charge in [0.1, 0.15) is 11.4 Å². The average molecular weight is 313 g/mol. The van der Waals surface area contributed by atoms with Crippen LogP contribution in [0.3, 0.4) is 0 Å². The van der Waals surface area contributed by atoms with Crippen LogP contribution in [-0.2, 0) is 16.4 Å². The molecule has 3 N–H and O–H groups in total. The summed E-state index contributed by atoms with van der Waals surface area (Å²) in [4.78, 5) is 10.9. The number of carbonyl (C=O) groups is 1. The molecule has 2 aromatic rings. The Kier molecular flexibility index (Phi) is 4.34. The van der Waals surface area contributed by atoms with Crippen molar-refractivity contribution in [1.29, 1.82) is 0 Å². The second kappa shape index (κ2) is 6.02. The zero-order chi connectivity index (χ0) is 15.5. The fourth-order valence-electron chi connectivity index (χ4n) is 1.68. The Balaban J connectivity index is 2.03. The quantitative estimate of drug-likeness (QED) is 0.729. The third kappa shape index (κ3) is 3.64. The number of hydrogen-bond donors (Lipinski definition) is 3. The van der Waals surface area contributed by atoms with E-state index in [1.165, 1.54) is 12.1 Å². The van der Waals surface area contributed by atoms with Gasteiger partial charge in [0.2, 0.25) is 0 Å². The van der Waals surface area contributed by atoms with Gasteiger partial charge >= 0.3 is 5.97 Å². The van der Waals surface area contributed by atoms with Gasteiger partial charge < -0.3 is 5.11 Å². The van der Waals surface area contributed by atoms with Crippen molar-refractivity contribution in [3.63, 3.8) is 0 Å². The maximum absolute atomic E-state index is 12.7. The molecule has 1 aromatic carbocycles. The van der Waals surface area contributed by atoms with E-state index in [9.17, 15) is 17.6 Å². The Morgan fingerprint density at radius 2 is 2.00 bits per heavy atom. The summed E-state index contributed by atoms with van der Waals surface area (Å²) < 4.78 is 38.9. The molecule has 0 saturated heterocycles. The minimum absolute atomic E-state index is 0.0477. The van der Waals surface area contributed by atoms with Gasteiger partial charge in [-0.2, -0.15) is 5.10 Å². The molecular formula is C12H12FN3O4S. The first kappa shape index (κ1) is 15.1. The van der Waals surface area contributed by atoms with Crippen LogP contribution < -0.4 is 4.72 Å². The predicted octanol–water partition coefficient (Wildman–Crippen LogP) is 0.768. The molecule has 0 spiro atoms. The Labute approximate surface area is 119 Å². The minimum Gasteiger partial charge on any atom is -0.478 e. The van der Waals surface area contributed by atoms with E-state index < -0.39 is 26.6 Å². The largest absolute Gasteiger partial charge is 0.478 e. The molecule has 9 heteroatoms. The molecule has 0 amide bonds. The summed E-state index contributed by atoms with van der Waals surface area (Å²) in [7, 11) is -3.99. The fourth-order valence-corrected chi connectivity index (χ4v) is 2.80. The zero-order valence-electron chi connectivity index (χ0n) is 10.7. The number of H-pyrrole nitrogens is 1. The molecule has 1 aromatic heterocycles. The Hall–Kier alpha value is -2.26. The van der Waals surface area contributed by atoms with Crippen molar-refractivity contribution < 1.29 is 22.7 Å². The molecule has 7 nitrogen and oxygen atoms in total. The van der Waals surface area contributed by atoms with Crippen LogP contribution in [0.2, 0.25) is 0 Å². The van der Waals surface area contributed by atoms with E-state index in [1.807, 2.05) is 0 Å². The van der Waals surface area contributed by atoms with E-state index in [1.54, 1.807) is 12.1 Å². The first-order valence-electron chi connectivity index (χ1n) is 5.91. The number of halogens is 1. The molecule has 0 atom stereocenters. The third-order valence-corrected chi connectivity index (χ3v) is 4.16. The van der Waals surface area contributed by atoms with Crippen LogP contribution in [0.4, 0.5) is 4.39 Å². The molecule has 21 heavy (non-hydrogen) atoms. The van der Waals surface area contributed by atoms with Crippen LogP contribution in [0.25, 0.3) is 0 Å². The summed E-state index contributed by atoms with van der Waals surface area (Å²) in [5.74, 6) is -1.76. The molecule has 2 rings (SSSR count). The number of nitrogens with zero attached hydrogens (tertiary/aromatic N) is 1. The summed E-state index contributed by atoms with van der Waals surface area (Å²) in [6.07, 6.45) is 1.27. The van der Waals surface area contributed by atoms with Crippen LogP contribution in [0.1, 0.15) is 15.9 Å². The number of carboxylic acids is 1. The molecule has 0 aliphatic rings. The van der Waals surface area contributed by atoms with Crippen molar-refractivity contribution in [3.05, 3.63) is 47.4 Å². The van der Waals surface area contributed by atoms with E-state index in [0.29, 0.717) is 6.42 Å². The summed E-state index contributed by atoms with van der Waals surface area (Å²) in [6.45, 7) is 0.0477. The Morgan fingerprint density at radius 1 is 1.33 bits per heavy atom. The monoisotopic (exact) mass is 313 g/mol. The first-order chi connectivity index (χ1) is 9.90. The number of rotatable bonds is 6. The molecule has 112 valence electrons. The third-order valence-electron chi connectivity index (χ3n) is 2.72. The Bertz CT molecular complexity index is 740. The number of benzene rings is 1. The number of nitrogens with one attached hydrogen (secondary N) is 2. The topological polar surface area (TPSA) is 112 Å². The molecule has 0 radical (unpaired) electrons. The smallest absolute Gasteiger partial charge is 0.340 e. The highest BCUT2D eigenvalue weighted by Gasteiger charge is 2.24. The van der Waals surface area contributed by atoms with Gasteiger partial charge in [-0.05, 0) is 24.1 Å². The van der Waals surface area contributed by atoms with Crippen LogP contribution in [-0.4, -0.2) is 36.2 Å². The molecule has 1 heterocycles. The fraction of sp³-hybridized carbons (Fsp3) is 0.167. The Morgan fingerprint density at radius 3 is 2.62 bits per heavy atom. The van der Waals surface area contributed by atoms with Crippen molar-refractivity contribution >= 4 is 16.0 Å². The number of aromatic carboxylic acids is 1. The lowest BCUT2D eigenvalue weighted by Crippen LogP contribution is -2.27. The number of carboxylic acid groups (broad SMARTS) is 1. The first-order valence-corrected chi connectivity index (χ1v) is 7.39. The lowest BCUT2D eigenvalue weighted by molar-refractivity contribution is 0.0692. The highest BCUT2D eigenvalue weighted by atomic mass is 32.2. The van der Waals surface area contributed by atoms with Gasteiger partial charge in [-0.25, -0.2) is 22.3 Å². The van der Waals surface area contributed by atoms with E-state index in [2.05, 4.69) is 14.9 Å².